The normalized spacial score (nSPS) is 22.4. The highest BCUT2D eigenvalue weighted by atomic mass is 32.2. The molecule has 0 spiro atoms. The lowest BCUT2D eigenvalue weighted by Crippen LogP contribution is -2.36. The molecule has 1 aromatic carbocycles. The lowest BCUT2D eigenvalue weighted by Gasteiger charge is -2.25. The summed E-state index contributed by atoms with van der Waals surface area (Å²) in [6.45, 7) is 2.19. The number of para-hydroxylation sites is 1. The van der Waals surface area contributed by atoms with Crippen molar-refractivity contribution < 1.29 is 4.79 Å². The Bertz CT molecular complexity index is 450. The lowest BCUT2D eigenvalue weighted by atomic mass is 10.1. The summed E-state index contributed by atoms with van der Waals surface area (Å²) in [7, 11) is 1.90. The van der Waals surface area contributed by atoms with Gasteiger partial charge >= 0.3 is 0 Å². The summed E-state index contributed by atoms with van der Waals surface area (Å²) in [5, 5.41) is 0.707. The zero-order chi connectivity index (χ0) is 13.8. The van der Waals surface area contributed by atoms with Gasteiger partial charge < -0.3 is 10.6 Å². The number of benzene rings is 1. The quantitative estimate of drug-likeness (QED) is 0.861. The summed E-state index contributed by atoms with van der Waals surface area (Å²) in [4.78, 5) is 14.3. The second kappa shape index (κ2) is 6.33. The number of hydrogen-bond donors (Lipinski definition) is 1. The van der Waals surface area contributed by atoms with Gasteiger partial charge in [0, 0.05) is 24.0 Å². The molecule has 2 N–H and O–H groups in total. The molecule has 1 saturated carbocycles. The molecule has 2 rings (SSSR count). The number of rotatable bonds is 4. The van der Waals surface area contributed by atoms with E-state index in [9.17, 15) is 4.79 Å². The highest BCUT2D eigenvalue weighted by Gasteiger charge is 2.30. The Morgan fingerprint density at radius 1 is 1.42 bits per heavy atom. The second-order valence-corrected chi connectivity index (χ2v) is 6.62. The fourth-order valence-electron chi connectivity index (χ4n) is 2.70. The molecule has 1 aromatic rings. The lowest BCUT2D eigenvalue weighted by molar-refractivity contribution is 0.0736. The Morgan fingerprint density at radius 3 is 2.84 bits per heavy atom. The van der Waals surface area contributed by atoms with Crippen molar-refractivity contribution in [1.29, 1.82) is 0 Å². The van der Waals surface area contributed by atoms with E-state index in [2.05, 4.69) is 6.92 Å². The average molecular weight is 278 g/mol. The fourth-order valence-corrected chi connectivity index (χ4v) is 3.84. The Labute approximate surface area is 119 Å². The summed E-state index contributed by atoms with van der Waals surface area (Å²) in [6.07, 6.45) is 3.42. The Morgan fingerprint density at radius 2 is 2.16 bits per heavy atom. The van der Waals surface area contributed by atoms with Crippen LogP contribution in [0.2, 0.25) is 0 Å². The Balaban J connectivity index is 2.02. The summed E-state index contributed by atoms with van der Waals surface area (Å²) in [5.74, 6) is 1.20. The molecule has 0 aliphatic heterocycles. The standard InChI is InChI=1S/C15H22N2OS/c1-3-19-12-9-8-11(10-12)17(2)15(18)13-6-4-5-7-14(13)16/h4-7,11-12H,3,8-10,16H2,1-2H3. The molecule has 1 aliphatic rings. The third-order valence-corrected chi connectivity index (χ3v) is 5.05. The van der Waals surface area contributed by atoms with Crippen LogP contribution >= 0.6 is 11.8 Å². The summed E-state index contributed by atoms with van der Waals surface area (Å²) in [5.41, 5.74) is 7.07. The maximum absolute atomic E-state index is 12.5. The van der Waals surface area contributed by atoms with Crippen LogP contribution in [-0.4, -0.2) is 34.9 Å². The van der Waals surface area contributed by atoms with Gasteiger partial charge in [0.05, 0.1) is 5.56 Å². The topological polar surface area (TPSA) is 46.3 Å². The van der Waals surface area contributed by atoms with E-state index < -0.39 is 0 Å². The zero-order valence-corrected chi connectivity index (χ0v) is 12.5. The average Bonchev–Trinajstić information content (AvgIpc) is 2.87. The van der Waals surface area contributed by atoms with Crippen LogP contribution in [0.15, 0.2) is 24.3 Å². The number of carbonyl (C=O) groups excluding carboxylic acids is 1. The largest absolute Gasteiger partial charge is 0.398 e. The van der Waals surface area contributed by atoms with Crippen molar-refractivity contribution in [2.75, 3.05) is 18.5 Å². The van der Waals surface area contributed by atoms with E-state index in [-0.39, 0.29) is 5.91 Å². The van der Waals surface area contributed by atoms with Gasteiger partial charge in [0.15, 0.2) is 0 Å². The molecule has 0 aromatic heterocycles. The first-order chi connectivity index (χ1) is 9.13. The van der Waals surface area contributed by atoms with E-state index in [1.165, 1.54) is 6.42 Å². The molecular formula is C15H22N2OS. The number of anilines is 1. The molecule has 1 aliphatic carbocycles. The highest BCUT2D eigenvalue weighted by Crippen LogP contribution is 2.32. The van der Waals surface area contributed by atoms with Gasteiger partial charge in [0.1, 0.15) is 0 Å². The summed E-state index contributed by atoms with van der Waals surface area (Å²) < 4.78 is 0. The number of thioether (sulfide) groups is 1. The van der Waals surface area contributed by atoms with Gasteiger partial charge in [0.25, 0.3) is 5.91 Å². The molecule has 0 saturated heterocycles. The van der Waals surface area contributed by atoms with Crippen LogP contribution in [0, 0.1) is 0 Å². The fraction of sp³-hybridized carbons (Fsp3) is 0.533. The van der Waals surface area contributed by atoms with E-state index in [0.717, 1.165) is 18.6 Å². The molecule has 0 bridgehead atoms. The first-order valence-electron chi connectivity index (χ1n) is 6.86. The van der Waals surface area contributed by atoms with Gasteiger partial charge in [-0.2, -0.15) is 11.8 Å². The van der Waals surface area contributed by atoms with Gasteiger partial charge in [-0.25, -0.2) is 0 Å². The summed E-state index contributed by atoms with van der Waals surface area (Å²) >= 11 is 2.01. The second-order valence-electron chi connectivity index (χ2n) is 5.05. The van der Waals surface area contributed by atoms with E-state index in [1.54, 1.807) is 12.1 Å². The van der Waals surface area contributed by atoms with Crippen LogP contribution in [0.5, 0.6) is 0 Å². The molecule has 4 heteroatoms. The SMILES string of the molecule is CCSC1CCC(N(C)C(=O)c2ccccc2N)C1. The molecule has 0 heterocycles. The number of amides is 1. The van der Waals surface area contributed by atoms with Gasteiger partial charge in [0.2, 0.25) is 0 Å². The van der Waals surface area contributed by atoms with Crippen LogP contribution in [0.3, 0.4) is 0 Å². The maximum Gasteiger partial charge on any atom is 0.255 e. The van der Waals surface area contributed by atoms with Gasteiger partial charge in [-0.05, 0) is 37.1 Å². The minimum atomic E-state index is 0.0465. The highest BCUT2D eigenvalue weighted by molar-refractivity contribution is 7.99. The van der Waals surface area contributed by atoms with Crippen LogP contribution in [0.25, 0.3) is 0 Å². The molecular weight excluding hydrogens is 256 g/mol. The molecule has 3 nitrogen and oxygen atoms in total. The zero-order valence-electron chi connectivity index (χ0n) is 11.6. The van der Waals surface area contributed by atoms with Crippen molar-refractivity contribution in [3.05, 3.63) is 29.8 Å². The van der Waals surface area contributed by atoms with Crippen LogP contribution in [0.4, 0.5) is 5.69 Å². The monoisotopic (exact) mass is 278 g/mol. The molecule has 19 heavy (non-hydrogen) atoms. The van der Waals surface area contributed by atoms with E-state index in [1.807, 2.05) is 35.8 Å². The minimum Gasteiger partial charge on any atom is -0.398 e. The van der Waals surface area contributed by atoms with Crippen LogP contribution in [0.1, 0.15) is 36.5 Å². The van der Waals surface area contributed by atoms with Crippen molar-refractivity contribution in [2.45, 2.75) is 37.5 Å². The molecule has 1 amide bonds. The van der Waals surface area contributed by atoms with Crippen LogP contribution < -0.4 is 5.73 Å². The van der Waals surface area contributed by atoms with Gasteiger partial charge in [-0.1, -0.05) is 19.1 Å². The smallest absolute Gasteiger partial charge is 0.255 e. The molecule has 104 valence electrons. The first kappa shape index (κ1) is 14.3. The molecule has 0 radical (unpaired) electrons. The van der Waals surface area contributed by atoms with Crippen molar-refractivity contribution in [3.8, 4) is 0 Å². The van der Waals surface area contributed by atoms with E-state index >= 15 is 0 Å². The number of hydrogen-bond acceptors (Lipinski definition) is 3. The predicted octanol–water partition coefficient (Wildman–Crippen LogP) is 3.02. The van der Waals surface area contributed by atoms with Crippen molar-refractivity contribution in [2.24, 2.45) is 0 Å². The molecule has 2 unspecified atom stereocenters. The maximum atomic E-state index is 12.5. The number of nitrogens with two attached hydrogens (primary N) is 1. The Hall–Kier alpha value is -1.16. The third-order valence-electron chi connectivity index (χ3n) is 3.82. The minimum absolute atomic E-state index is 0.0465. The number of nitrogens with zero attached hydrogens (tertiary/aromatic N) is 1. The van der Waals surface area contributed by atoms with E-state index in [4.69, 9.17) is 5.73 Å². The van der Waals surface area contributed by atoms with Gasteiger partial charge in [-0.15, -0.1) is 0 Å². The predicted molar refractivity (Wildman–Crippen MR) is 82.5 cm³/mol. The van der Waals surface area contributed by atoms with Crippen LogP contribution in [-0.2, 0) is 0 Å². The first-order valence-corrected chi connectivity index (χ1v) is 7.91. The van der Waals surface area contributed by atoms with E-state index in [0.29, 0.717) is 22.5 Å². The molecule has 2 atom stereocenters. The number of carbonyl (C=O) groups is 1. The van der Waals surface area contributed by atoms with Crippen molar-refractivity contribution >= 4 is 23.4 Å². The Kier molecular flexibility index (Phi) is 4.75. The molecule has 1 fully saturated rings. The number of nitrogen functional groups attached to an aromatic ring is 1. The van der Waals surface area contributed by atoms with Crippen molar-refractivity contribution in [1.82, 2.24) is 4.90 Å². The summed E-state index contributed by atoms with van der Waals surface area (Å²) in [6, 6.07) is 7.67. The van der Waals surface area contributed by atoms with Gasteiger partial charge in [-0.3, -0.25) is 4.79 Å². The van der Waals surface area contributed by atoms with Crippen molar-refractivity contribution in [3.63, 3.8) is 0 Å². The third kappa shape index (κ3) is 3.24.